The summed E-state index contributed by atoms with van der Waals surface area (Å²) in [5.41, 5.74) is 7.38. The van der Waals surface area contributed by atoms with Crippen LogP contribution < -0.4 is 16.4 Å². The molecule has 1 aromatic carbocycles. The van der Waals surface area contributed by atoms with Gasteiger partial charge in [0.15, 0.2) is 0 Å². The molecule has 0 saturated carbocycles. The van der Waals surface area contributed by atoms with Crippen molar-refractivity contribution < 1.29 is 9.59 Å². The lowest BCUT2D eigenvalue weighted by Gasteiger charge is -2.24. The van der Waals surface area contributed by atoms with Crippen molar-refractivity contribution in [2.24, 2.45) is 5.73 Å². The summed E-state index contributed by atoms with van der Waals surface area (Å²) in [7, 11) is 0. The molecule has 0 spiro atoms. The zero-order chi connectivity index (χ0) is 14.0. The number of hydrogen-bond acceptors (Lipinski definition) is 3. The van der Waals surface area contributed by atoms with Crippen LogP contribution in [0.15, 0.2) is 18.2 Å². The summed E-state index contributed by atoms with van der Waals surface area (Å²) in [6.45, 7) is 4.47. The highest BCUT2D eigenvalue weighted by atomic mass is 16.2. The Labute approximate surface area is 112 Å². The van der Waals surface area contributed by atoms with Crippen LogP contribution in [0.1, 0.15) is 36.2 Å². The number of carbonyl (C=O) groups excluding carboxylic acids is 2. The average molecular weight is 261 g/mol. The molecule has 5 nitrogen and oxygen atoms in total. The standard InChI is InChI=1S/C14H19N3O2/c1-14(2,8-12(15)18)17-13(19)10-3-4-11-9(7-10)5-6-16-11/h3-4,7,16H,5-6,8H2,1-2H3,(H2,15,18)(H,17,19). The van der Waals surface area contributed by atoms with E-state index in [1.807, 2.05) is 12.1 Å². The molecule has 19 heavy (non-hydrogen) atoms. The highest BCUT2D eigenvalue weighted by Crippen LogP contribution is 2.23. The van der Waals surface area contributed by atoms with E-state index in [0.29, 0.717) is 5.56 Å². The number of benzene rings is 1. The van der Waals surface area contributed by atoms with Gasteiger partial charge in [0.25, 0.3) is 5.91 Å². The van der Waals surface area contributed by atoms with Crippen molar-refractivity contribution in [2.75, 3.05) is 11.9 Å². The molecule has 2 rings (SSSR count). The average Bonchev–Trinajstić information content (AvgIpc) is 2.72. The molecule has 1 aromatic rings. The number of carbonyl (C=O) groups is 2. The van der Waals surface area contributed by atoms with Gasteiger partial charge in [-0.15, -0.1) is 0 Å². The van der Waals surface area contributed by atoms with Crippen molar-refractivity contribution in [1.29, 1.82) is 0 Å². The van der Waals surface area contributed by atoms with E-state index in [-0.39, 0.29) is 12.3 Å². The van der Waals surface area contributed by atoms with Crippen LogP contribution in [0.2, 0.25) is 0 Å². The Morgan fingerprint density at radius 2 is 2.16 bits per heavy atom. The Morgan fingerprint density at radius 1 is 1.42 bits per heavy atom. The Morgan fingerprint density at radius 3 is 2.84 bits per heavy atom. The number of anilines is 1. The second-order valence-electron chi connectivity index (χ2n) is 5.53. The molecule has 0 unspecified atom stereocenters. The second-order valence-corrected chi connectivity index (χ2v) is 5.53. The normalized spacial score (nSPS) is 13.6. The van der Waals surface area contributed by atoms with Gasteiger partial charge in [-0.3, -0.25) is 9.59 Å². The fraction of sp³-hybridized carbons (Fsp3) is 0.429. The molecule has 2 amide bonds. The van der Waals surface area contributed by atoms with Crippen molar-refractivity contribution in [3.8, 4) is 0 Å². The van der Waals surface area contributed by atoms with Crippen LogP contribution in [0, 0.1) is 0 Å². The Balaban J connectivity index is 2.10. The zero-order valence-corrected chi connectivity index (χ0v) is 11.2. The summed E-state index contributed by atoms with van der Waals surface area (Å²) >= 11 is 0. The second kappa shape index (κ2) is 4.91. The van der Waals surface area contributed by atoms with Gasteiger partial charge in [-0.1, -0.05) is 0 Å². The number of fused-ring (bicyclic) bond motifs is 1. The lowest BCUT2D eigenvalue weighted by Crippen LogP contribution is -2.46. The van der Waals surface area contributed by atoms with E-state index in [9.17, 15) is 9.59 Å². The maximum absolute atomic E-state index is 12.2. The minimum absolute atomic E-state index is 0.116. The first-order valence-corrected chi connectivity index (χ1v) is 6.35. The maximum Gasteiger partial charge on any atom is 0.251 e. The molecule has 0 aromatic heterocycles. The van der Waals surface area contributed by atoms with Crippen LogP contribution in [-0.4, -0.2) is 23.9 Å². The van der Waals surface area contributed by atoms with Gasteiger partial charge in [-0.2, -0.15) is 0 Å². The Hall–Kier alpha value is -2.04. The van der Waals surface area contributed by atoms with Crippen molar-refractivity contribution in [3.63, 3.8) is 0 Å². The summed E-state index contributed by atoms with van der Waals surface area (Å²) in [6.07, 6.45) is 1.05. The molecule has 5 heteroatoms. The van der Waals surface area contributed by atoms with E-state index in [4.69, 9.17) is 5.73 Å². The number of amides is 2. The van der Waals surface area contributed by atoms with Gasteiger partial charge in [0.2, 0.25) is 5.91 Å². The van der Waals surface area contributed by atoms with Gasteiger partial charge in [0.1, 0.15) is 0 Å². The van der Waals surface area contributed by atoms with Gasteiger partial charge >= 0.3 is 0 Å². The lowest BCUT2D eigenvalue weighted by atomic mass is 9.99. The van der Waals surface area contributed by atoms with Crippen molar-refractivity contribution in [2.45, 2.75) is 32.2 Å². The van der Waals surface area contributed by atoms with E-state index in [0.717, 1.165) is 24.2 Å². The molecule has 0 bridgehead atoms. The van der Waals surface area contributed by atoms with Crippen LogP contribution in [-0.2, 0) is 11.2 Å². The lowest BCUT2D eigenvalue weighted by molar-refractivity contribution is -0.119. The van der Waals surface area contributed by atoms with Gasteiger partial charge in [0, 0.05) is 29.8 Å². The summed E-state index contributed by atoms with van der Waals surface area (Å²) in [4.78, 5) is 23.1. The van der Waals surface area contributed by atoms with Crippen LogP contribution in [0.4, 0.5) is 5.69 Å². The molecular weight excluding hydrogens is 242 g/mol. The Bertz CT molecular complexity index is 523. The number of rotatable bonds is 4. The van der Waals surface area contributed by atoms with Crippen LogP contribution in [0.25, 0.3) is 0 Å². The summed E-state index contributed by atoms with van der Waals surface area (Å²) in [5, 5.41) is 6.08. The van der Waals surface area contributed by atoms with E-state index in [1.165, 1.54) is 0 Å². The fourth-order valence-corrected chi connectivity index (χ4v) is 2.31. The third-order valence-electron chi connectivity index (χ3n) is 3.15. The van der Waals surface area contributed by atoms with E-state index >= 15 is 0 Å². The molecule has 1 aliphatic rings. The summed E-state index contributed by atoms with van der Waals surface area (Å²) in [6, 6.07) is 5.59. The molecule has 102 valence electrons. The highest BCUT2D eigenvalue weighted by molar-refractivity contribution is 5.95. The first kappa shape index (κ1) is 13.4. The fourth-order valence-electron chi connectivity index (χ4n) is 2.31. The molecule has 1 heterocycles. The summed E-state index contributed by atoms with van der Waals surface area (Å²) in [5.74, 6) is -0.607. The van der Waals surface area contributed by atoms with E-state index in [2.05, 4.69) is 10.6 Å². The van der Waals surface area contributed by atoms with E-state index in [1.54, 1.807) is 19.9 Å². The molecule has 0 radical (unpaired) electrons. The predicted molar refractivity (Wildman–Crippen MR) is 74.0 cm³/mol. The molecule has 0 fully saturated rings. The van der Waals surface area contributed by atoms with Crippen molar-refractivity contribution >= 4 is 17.5 Å². The molecule has 0 atom stereocenters. The topological polar surface area (TPSA) is 84.2 Å². The van der Waals surface area contributed by atoms with Crippen molar-refractivity contribution in [1.82, 2.24) is 5.32 Å². The summed E-state index contributed by atoms with van der Waals surface area (Å²) < 4.78 is 0. The molecular formula is C14H19N3O2. The van der Waals surface area contributed by atoms with Gasteiger partial charge in [0.05, 0.1) is 0 Å². The molecule has 0 saturated heterocycles. The number of primary amides is 1. The maximum atomic E-state index is 12.2. The van der Waals surface area contributed by atoms with Gasteiger partial charge < -0.3 is 16.4 Å². The van der Waals surface area contributed by atoms with E-state index < -0.39 is 11.4 Å². The van der Waals surface area contributed by atoms with Crippen LogP contribution in [0.3, 0.4) is 0 Å². The largest absolute Gasteiger partial charge is 0.384 e. The number of nitrogens with one attached hydrogen (secondary N) is 2. The van der Waals surface area contributed by atoms with Gasteiger partial charge in [-0.05, 0) is 44.0 Å². The molecule has 4 N–H and O–H groups in total. The minimum Gasteiger partial charge on any atom is -0.384 e. The monoisotopic (exact) mass is 261 g/mol. The minimum atomic E-state index is -0.639. The van der Waals surface area contributed by atoms with Gasteiger partial charge in [-0.25, -0.2) is 0 Å². The SMILES string of the molecule is CC(C)(CC(N)=O)NC(=O)c1ccc2c(c1)CCN2. The number of nitrogens with two attached hydrogens (primary N) is 1. The number of hydrogen-bond donors (Lipinski definition) is 3. The zero-order valence-electron chi connectivity index (χ0n) is 11.2. The third kappa shape index (κ3) is 3.24. The molecule has 0 aliphatic carbocycles. The Kier molecular flexibility index (Phi) is 3.46. The predicted octanol–water partition coefficient (Wildman–Crippen LogP) is 1.04. The first-order valence-electron chi connectivity index (χ1n) is 6.35. The highest BCUT2D eigenvalue weighted by Gasteiger charge is 2.24. The quantitative estimate of drug-likeness (QED) is 0.757. The first-order chi connectivity index (χ1) is 8.87. The van der Waals surface area contributed by atoms with Crippen LogP contribution in [0.5, 0.6) is 0 Å². The third-order valence-corrected chi connectivity index (χ3v) is 3.15. The van der Waals surface area contributed by atoms with Crippen molar-refractivity contribution in [3.05, 3.63) is 29.3 Å². The molecule has 1 aliphatic heterocycles. The van der Waals surface area contributed by atoms with Crippen LogP contribution >= 0.6 is 0 Å². The smallest absolute Gasteiger partial charge is 0.251 e.